The molecule has 2 rings (SSSR count). The van der Waals surface area contributed by atoms with Gasteiger partial charge in [0.2, 0.25) is 10.0 Å². The molecule has 0 spiro atoms. The molecule has 0 bridgehead atoms. The van der Waals surface area contributed by atoms with E-state index in [1.807, 2.05) is 31.2 Å². The molecule has 1 amide bonds. The molecule has 0 radical (unpaired) electrons. The normalized spacial score (nSPS) is 11.2. The number of hydrogen-bond acceptors (Lipinski definition) is 6. The highest BCUT2D eigenvalue weighted by atomic mass is 32.2. The van der Waals surface area contributed by atoms with Crippen LogP contribution >= 0.6 is 0 Å². The van der Waals surface area contributed by atoms with Crippen molar-refractivity contribution in [2.45, 2.75) is 11.8 Å². The Morgan fingerprint density at radius 1 is 1.10 bits per heavy atom. The molecular formula is C21H28N2O6S. The highest BCUT2D eigenvalue weighted by Gasteiger charge is 2.22. The van der Waals surface area contributed by atoms with E-state index in [0.717, 1.165) is 11.3 Å². The molecule has 8 nitrogen and oxygen atoms in total. The minimum atomic E-state index is -3.86. The summed E-state index contributed by atoms with van der Waals surface area (Å²) < 4.78 is 43.3. The lowest BCUT2D eigenvalue weighted by atomic mass is 10.2. The molecule has 0 saturated heterocycles. The van der Waals surface area contributed by atoms with Gasteiger partial charge in [0.05, 0.1) is 20.3 Å². The van der Waals surface area contributed by atoms with Crippen molar-refractivity contribution in [1.29, 1.82) is 0 Å². The number of methoxy groups -OCH3 is 2. The number of nitrogens with one attached hydrogen (secondary N) is 1. The van der Waals surface area contributed by atoms with Gasteiger partial charge in [-0.3, -0.25) is 4.79 Å². The molecule has 9 heteroatoms. The summed E-state index contributed by atoms with van der Waals surface area (Å²) in [5.74, 6) is 0.566. The molecule has 2 aromatic carbocycles. The molecule has 1 N–H and O–H groups in total. The van der Waals surface area contributed by atoms with Crippen LogP contribution in [0.3, 0.4) is 0 Å². The Hall–Kier alpha value is -2.62. The van der Waals surface area contributed by atoms with Crippen molar-refractivity contribution in [3.05, 3.63) is 53.6 Å². The van der Waals surface area contributed by atoms with Gasteiger partial charge in [0.25, 0.3) is 5.91 Å². The van der Waals surface area contributed by atoms with Crippen molar-refractivity contribution in [2.75, 3.05) is 47.6 Å². The standard InChI is InChI=1S/C21H28N2O6S/c1-16-6-5-7-18(14-16)29-13-11-23(2)21(24)17-8-9-19(28-4)20(15-17)30(25,26)22-10-12-27-3/h5-9,14-15,22H,10-13H2,1-4H3. The Morgan fingerprint density at radius 2 is 1.87 bits per heavy atom. The van der Waals surface area contributed by atoms with Gasteiger partial charge in [-0.15, -0.1) is 0 Å². The third kappa shape index (κ3) is 6.45. The van der Waals surface area contributed by atoms with Crippen LogP contribution in [-0.2, 0) is 14.8 Å². The minimum Gasteiger partial charge on any atom is -0.495 e. The molecule has 2 aromatic rings. The number of carbonyl (C=O) groups is 1. The number of hydrogen-bond donors (Lipinski definition) is 1. The number of likely N-dealkylation sites (N-methyl/N-ethyl adjacent to an activating group) is 1. The van der Waals surface area contributed by atoms with Crippen molar-refractivity contribution >= 4 is 15.9 Å². The quantitative estimate of drug-likeness (QED) is 0.542. The van der Waals surface area contributed by atoms with E-state index in [1.54, 1.807) is 7.05 Å². The Balaban J connectivity index is 2.09. The van der Waals surface area contributed by atoms with Crippen LogP contribution in [0.15, 0.2) is 47.4 Å². The summed E-state index contributed by atoms with van der Waals surface area (Å²) in [5, 5.41) is 0. The van der Waals surface area contributed by atoms with Crippen LogP contribution in [0.4, 0.5) is 0 Å². The lowest BCUT2D eigenvalue weighted by Crippen LogP contribution is -2.31. The highest BCUT2D eigenvalue weighted by molar-refractivity contribution is 7.89. The van der Waals surface area contributed by atoms with Crippen LogP contribution in [0.25, 0.3) is 0 Å². The smallest absolute Gasteiger partial charge is 0.253 e. The highest BCUT2D eigenvalue weighted by Crippen LogP contribution is 2.25. The molecule has 0 aliphatic heterocycles. The van der Waals surface area contributed by atoms with E-state index in [1.165, 1.54) is 37.3 Å². The summed E-state index contributed by atoms with van der Waals surface area (Å²) in [6.45, 7) is 2.96. The lowest BCUT2D eigenvalue weighted by molar-refractivity contribution is 0.0773. The number of rotatable bonds is 11. The average Bonchev–Trinajstić information content (AvgIpc) is 2.72. The number of carbonyl (C=O) groups excluding carboxylic acids is 1. The molecule has 0 aliphatic carbocycles. The maximum Gasteiger partial charge on any atom is 0.253 e. The zero-order valence-corrected chi connectivity index (χ0v) is 18.5. The molecule has 0 fully saturated rings. The summed E-state index contributed by atoms with van der Waals surface area (Å²) in [4.78, 5) is 14.2. The van der Waals surface area contributed by atoms with Crippen molar-refractivity contribution < 1.29 is 27.4 Å². The van der Waals surface area contributed by atoms with E-state index in [2.05, 4.69) is 4.72 Å². The summed E-state index contributed by atoms with van der Waals surface area (Å²) in [5.41, 5.74) is 1.32. The molecule has 0 atom stereocenters. The van der Waals surface area contributed by atoms with Gasteiger partial charge in [-0.1, -0.05) is 12.1 Å². The number of sulfonamides is 1. The fraction of sp³-hybridized carbons (Fsp3) is 0.381. The third-order valence-corrected chi connectivity index (χ3v) is 5.81. The first-order chi connectivity index (χ1) is 14.3. The van der Waals surface area contributed by atoms with Crippen molar-refractivity contribution in [3.8, 4) is 11.5 Å². The van der Waals surface area contributed by atoms with Crippen LogP contribution in [-0.4, -0.2) is 66.8 Å². The van der Waals surface area contributed by atoms with Gasteiger partial charge in [-0.25, -0.2) is 13.1 Å². The first-order valence-electron chi connectivity index (χ1n) is 9.40. The first-order valence-corrected chi connectivity index (χ1v) is 10.9. The van der Waals surface area contributed by atoms with Crippen molar-refractivity contribution in [2.24, 2.45) is 0 Å². The first kappa shape index (κ1) is 23.7. The third-order valence-electron chi connectivity index (χ3n) is 4.33. The van der Waals surface area contributed by atoms with Gasteiger partial charge < -0.3 is 19.1 Å². The molecular weight excluding hydrogens is 408 g/mol. The number of benzene rings is 2. The van der Waals surface area contributed by atoms with Gasteiger partial charge in [-0.05, 0) is 42.8 Å². The summed E-state index contributed by atoms with van der Waals surface area (Å²) in [7, 11) is 0.625. The fourth-order valence-electron chi connectivity index (χ4n) is 2.70. The Labute approximate surface area is 177 Å². The summed E-state index contributed by atoms with van der Waals surface area (Å²) >= 11 is 0. The number of aryl methyl sites for hydroxylation is 1. The van der Waals surface area contributed by atoms with Gasteiger partial charge in [0, 0.05) is 26.3 Å². The monoisotopic (exact) mass is 436 g/mol. The van der Waals surface area contributed by atoms with Gasteiger partial charge in [0.1, 0.15) is 23.0 Å². The topological polar surface area (TPSA) is 94.2 Å². The summed E-state index contributed by atoms with van der Waals surface area (Å²) in [6.07, 6.45) is 0. The number of amides is 1. The molecule has 164 valence electrons. The zero-order valence-electron chi connectivity index (χ0n) is 17.7. The second kappa shape index (κ2) is 11.0. The number of ether oxygens (including phenoxy) is 3. The van der Waals surface area contributed by atoms with Crippen LogP contribution in [0.2, 0.25) is 0 Å². The minimum absolute atomic E-state index is 0.101. The maximum atomic E-state index is 12.8. The van der Waals surface area contributed by atoms with Gasteiger partial charge >= 0.3 is 0 Å². The fourth-order valence-corrected chi connectivity index (χ4v) is 3.91. The van der Waals surface area contributed by atoms with E-state index < -0.39 is 10.0 Å². The Bertz CT molecular complexity index is 962. The van der Waals surface area contributed by atoms with Crippen LogP contribution in [0.1, 0.15) is 15.9 Å². The lowest BCUT2D eigenvalue weighted by Gasteiger charge is -2.19. The van der Waals surface area contributed by atoms with Gasteiger partial charge in [-0.2, -0.15) is 0 Å². The van der Waals surface area contributed by atoms with E-state index >= 15 is 0 Å². The average molecular weight is 437 g/mol. The molecule has 0 aromatic heterocycles. The van der Waals surface area contributed by atoms with Gasteiger partial charge in [0.15, 0.2) is 0 Å². The second-order valence-electron chi connectivity index (χ2n) is 6.65. The Kier molecular flexibility index (Phi) is 8.64. The van der Waals surface area contributed by atoms with Crippen LogP contribution in [0, 0.1) is 6.92 Å². The van der Waals surface area contributed by atoms with Crippen molar-refractivity contribution in [1.82, 2.24) is 9.62 Å². The molecule has 30 heavy (non-hydrogen) atoms. The largest absolute Gasteiger partial charge is 0.495 e. The number of nitrogens with zero attached hydrogens (tertiary/aromatic N) is 1. The van der Waals surface area contributed by atoms with Crippen LogP contribution < -0.4 is 14.2 Å². The molecule has 0 aliphatic rings. The molecule has 0 heterocycles. The maximum absolute atomic E-state index is 12.8. The van der Waals surface area contributed by atoms with E-state index in [4.69, 9.17) is 14.2 Å². The van der Waals surface area contributed by atoms with E-state index in [9.17, 15) is 13.2 Å². The molecule has 0 unspecified atom stereocenters. The Morgan fingerprint density at radius 3 is 2.53 bits per heavy atom. The van der Waals surface area contributed by atoms with E-state index in [-0.39, 0.29) is 35.3 Å². The SMILES string of the molecule is COCCNS(=O)(=O)c1cc(C(=O)N(C)CCOc2cccc(C)c2)ccc1OC. The second-order valence-corrected chi connectivity index (χ2v) is 8.38. The summed E-state index contributed by atoms with van der Waals surface area (Å²) in [6, 6.07) is 12.0. The van der Waals surface area contributed by atoms with E-state index in [0.29, 0.717) is 13.2 Å². The van der Waals surface area contributed by atoms with Crippen molar-refractivity contribution in [3.63, 3.8) is 0 Å². The predicted octanol–water partition coefficient (Wildman–Crippen LogP) is 2.08. The van der Waals surface area contributed by atoms with Crippen LogP contribution in [0.5, 0.6) is 11.5 Å². The zero-order chi connectivity index (χ0) is 22.1. The predicted molar refractivity (Wildman–Crippen MR) is 114 cm³/mol. The molecule has 0 saturated carbocycles.